The van der Waals surface area contributed by atoms with Gasteiger partial charge in [0.2, 0.25) is 0 Å². The van der Waals surface area contributed by atoms with E-state index in [-0.39, 0.29) is 41.7 Å². The number of rotatable bonds is 0. The van der Waals surface area contributed by atoms with Gasteiger partial charge in [0.1, 0.15) is 0 Å². The largest absolute Gasteiger partial charge is 3.00 e. The van der Waals surface area contributed by atoms with Gasteiger partial charge in [-0.05, 0) is 0 Å². The predicted octanol–water partition coefficient (Wildman–Crippen LogP) is 5.39. The summed E-state index contributed by atoms with van der Waals surface area (Å²) in [6.07, 6.45) is 0. The molecule has 3 aromatic carbocycles. The molecule has 0 spiro atoms. The first kappa shape index (κ1) is 21.0. The van der Waals surface area contributed by atoms with Crippen molar-refractivity contribution in [3.8, 4) is 0 Å². The van der Waals surface area contributed by atoms with E-state index in [0.717, 1.165) is 0 Å². The van der Waals surface area contributed by atoms with Crippen molar-refractivity contribution in [3.63, 3.8) is 0 Å². The Morgan fingerprint density at radius 1 is 0.455 bits per heavy atom. The second-order valence-corrected chi connectivity index (χ2v) is 4.73. The van der Waals surface area contributed by atoms with Crippen LogP contribution in [-0.2, 0) is 0 Å². The Hall–Kier alpha value is -0.963. The predicted molar refractivity (Wildman–Crippen MR) is 90.0 cm³/mol. The van der Waals surface area contributed by atoms with Crippen LogP contribution >= 0.6 is 0 Å². The summed E-state index contributed by atoms with van der Waals surface area (Å²) in [5.41, 5.74) is 3.87. The van der Waals surface area contributed by atoms with Gasteiger partial charge < -0.3 is 0 Å². The fourth-order valence-electron chi connectivity index (χ4n) is 1.41. The Morgan fingerprint density at radius 2 is 0.636 bits per heavy atom. The van der Waals surface area contributed by atoms with Gasteiger partial charge in [-0.1, -0.05) is 20.8 Å². The third-order valence-electron chi connectivity index (χ3n) is 2.65. The van der Waals surface area contributed by atoms with E-state index in [0.29, 0.717) is 0 Å². The molecule has 1 radical (unpaired) electrons. The zero-order valence-electron chi connectivity index (χ0n) is 13.4. The maximum absolute atomic E-state index is 2.93. The van der Waals surface area contributed by atoms with Gasteiger partial charge in [-0.2, -0.15) is 108 Å². The molecule has 0 saturated heterocycles. The molecule has 0 N–H and O–H groups in total. The van der Waals surface area contributed by atoms with Crippen LogP contribution < -0.4 is 0 Å². The zero-order chi connectivity index (χ0) is 15.3. The van der Waals surface area contributed by atoms with Crippen LogP contribution in [-0.4, -0.2) is 0 Å². The minimum Gasteiger partial charge on any atom is -0.184 e. The summed E-state index contributed by atoms with van der Waals surface area (Å²) in [6.45, 7) is 6.19. The molecule has 0 nitrogen and oxygen atoms in total. The summed E-state index contributed by atoms with van der Waals surface area (Å²) in [7, 11) is 0. The Morgan fingerprint density at radius 3 is 0.727 bits per heavy atom. The van der Waals surface area contributed by atoms with Crippen LogP contribution in [0.5, 0.6) is 0 Å². The van der Waals surface area contributed by atoms with Crippen LogP contribution in [0.25, 0.3) is 0 Å². The molecule has 3 rings (SSSR count). The van der Waals surface area contributed by atoms with Crippen molar-refractivity contribution in [3.05, 3.63) is 108 Å². The third kappa shape index (κ3) is 11.7. The van der Waals surface area contributed by atoms with E-state index in [1.807, 2.05) is 72.8 Å². The van der Waals surface area contributed by atoms with E-state index < -0.39 is 0 Å². The van der Waals surface area contributed by atoms with Gasteiger partial charge in [0.15, 0.2) is 0 Å². The smallest absolute Gasteiger partial charge is 0.184 e. The molecule has 0 fully saturated rings. The molecule has 0 aliphatic carbocycles. The van der Waals surface area contributed by atoms with Gasteiger partial charge in [-0.25, -0.2) is 0 Å². The molecule has 109 valence electrons. The Labute approximate surface area is 169 Å². The average Bonchev–Trinajstić information content (AvgIpc) is 2.51. The molecule has 0 bridgehead atoms. The van der Waals surface area contributed by atoms with E-state index in [2.05, 4.69) is 39.0 Å². The summed E-state index contributed by atoms with van der Waals surface area (Å²) in [5, 5.41) is 0. The van der Waals surface area contributed by atoms with Crippen molar-refractivity contribution in [2.45, 2.75) is 20.8 Å². The van der Waals surface area contributed by atoms with E-state index in [4.69, 9.17) is 0 Å². The van der Waals surface area contributed by atoms with Crippen molar-refractivity contribution in [2.75, 3.05) is 0 Å². The molecule has 0 amide bonds. The first-order valence-electron chi connectivity index (χ1n) is 6.96. The summed E-state index contributed by atoms with van der Waals surface area (Å²) in [5.74, 6) is 0. The van der Waals surface area contributed by atoms with Crippen molar-refractivity contribution >= 4 is 0 Å². The number of benzene rings is 3. The molecule has 22 heavy (non-hydrogen) atoms. The summed E-state index contributed by atoms with van der Waals surface area (Å²) < 4.78 is 0. The Bertz CT molecular complexity index is 485. The number of hydrogen-bond donors (Lipinski definition) is 0. The molecule has 0 heterocycles. The van der Waals surface area contributed by atoms with Crippen LogP contribution in [0.3, 0.4) is 0 Å². The summed E-state index contributed by atoms with van der Waals surface area (Å²) in [6, 6.07) is 32.4. The molecule has 0 unspecified atom stereocenters. The Balaban J connectivity index is 0.000000294. The molecule has 1 heteroatoms. The third-order valence-corrected chi connectivity index (χ3v) is 2.65. The fourth-order valence-corrected chi connectivity index (χ4v) is 1.41. The van der Waals surface area contributed by atoms with Gasteiger partial charge in [0, 0.05) is 0 Å². The van der Waals surface area contributed by atoms with Gasteiger partial charge >= 0.3 is 41.7 Å². The standard InChI is InChI=1S/3C7H7.Ce/c3*1-7-5-3-2-4-6-7;/h3*3-6H,1H3;/q3*-1;+3. The van der Waals surface area contributed by atoms with E-state index in [9.17, 15) is 0 Å². The van der Waals surface area contributed by atoms with E-state index in [1.54, 1.807) is 0 Å². The van der Waals surface area contributed by atoms with Gasteiger partial charge in [-0.3, -0.25) is 0 Å². The van der Waals surface area contributed by atoms with Crippen LogP contribution in [0.4, 0.5) is 0 Å². The van der Waals surface area contributed by atoms with Crippen molar-refractivity contribution in [1.82, 2.24) is 0 Å². The van der Waals surface area contributed by atoms with Crippen LogP contribution in [0, 0.1) is 80.7 Å². The van der Waals surface area contributed by atoms with Gasteiger partial charge in [0.05, 0.1) is 0 Å². The van der Waals surface area contributed by atoms with Crippen LogP contribution in [0.1, 0.15) is 16.7 Å². The van der Waals surface area contributed by atoms with Gasteiger partial charge in [0.25, 0.3) is 0 Å². The summed E-state index contributed by atoms with van der Waals surface area (Å²) in [4.78, 5) is 0. The number of hydrogen-bond acceptors (Lipinski definition) is 0. The average molecular weight is 414 g/mol. The molecular weight excluding hydrogens is 392 g/mol. The van der Waals surface area contributed by atoms with E-state index >= 15 is 0 Å². The maximum Gasteiger partial charge on any atom is 3.00 e. The maximum atomic E-state index is 2.93. The van der Waals surface area contributed by atoms with Crippen LogP contribution in [0.15, 0.2) is 72.8 Å². The number of aryl methyl sites for hydroxylation is 3. The van der Waals surface area contributed by atoms with Crippen molar-refractivity contribution in [2.24, 2.45) is 0 Å². The molecule has 0 aliphatic rings. The second kappa shape index (κ2) is 13.7. The molecule has 0 aromatic heterocycles. The minimum absolute atomic E-state index is 0. The molecule has 0 aliphatic heterocycles. The first-order valence-corrected chi connectivity index (χ1v) is 6.96. The quantitative estimate of drug-likeness (QED) is 0.434. The SMILES string of the molecule is Cc1cc[c-]cc1.Cc1cc[c-]cc1.Cc1cc[c-]cc1.[Ce+3]. The van der Waals surface area contributed by atoms with Crippen LogP contribution in [0.2, 0.25) is 0 Å². The zero-order valence-corrected chi connectivity index (χ0v) is 16.6. The summed E-state index contributed by atoms with van der Waals surface area (Å²) >= 11 is 0. The normalized spacial score (nSPS) is 8.32. The van der Waals surface area contributed by atoms with Gasteiger partial charge in [-0.15, -0.1) is 0 Å². The molecule has 3 aromatic rings. The topological polar surface area (TPSA) is 0 Å². The second-order valence-electron chi connectivity index (χ2n) is 4.73. The van der Waals surface area contributed by atoms with Crippen molar-refractivity contribution in [1.29, 1.82) is 0 Å². The Kier molecular flexibility index (Phi) is 13.1. The first-order chi connectivity index (χ1) is 10.2. The minimum atomic E-state index is 0. The monoisotopic (exact) mass is 413 g/mol. The van der Waals surface area contributed by atoms with Crippen molar-refractivity contribution < 1.29 is 41.7 Å². The molecular formula is C21H21Ce. The molecule has 0 saturated carbocycles. The fraction of sp³-hybridized carbons (Fsp3) is 0.143. The van der Waals surface area contributed by atoms with E-state index in [1.165, 1.54) is 16.7 Å². The molecule has 0 atom stereocenters.